The summed E-state index contributed by atoms with van der Waals surface area (Å²) in [7, 11) is 0. The third-order valence-corrected chi connectivity index (χ3v) is 4.26. The van der Waals surface area contributed by atoms with Crippen molar-refractivity contribution in [1.29, 1.82) is 0 Å². The van der Waals surface area contributed by atoms with Gasteiger partial charge in [0.2, 0.25) is 5.91 Å². The molecule has 1 N–H and O–H groups in total. The molecule has 3 rings (SSSR count). The molecule has 1 aliphatic carbocycles. The molecular formula is C14H14ClNO3. The van der Waals surface area contributed by atoms with E-state index >= 15 is 0 Å². The lowest BCUT2D eigenvalue weighted by Crippen LogP contribution is -2.45. The van der Waals surface area contributed by atoms with Crippen molar-refractivity contribution in [3.8, 4) is 0 Å². The van der Waals surface area contributed by atoms with Gasteiger partial charge in [0.25, 0.3) is 0 Å². The first-order valence-electron chi connectivity index (χ1n) is 6.39. The largest absolute Gasteiger partial charge is 0.480 e. The number of carbonyl (C=O) groups excluding carboxylic acids is 1. The van der Waals surface area contributed by atoms with E-state index in [9.17, 15) is 9.59 Å². The lowest BCUT2D eigenvalue weighted by Gasteiger charge is -2.34. The number of carboxylic acid groups (broad SMARTS) is 1. The van der Waals surface area contributed by atoms with E-state index in [4.69, 9.17) is 16.7 Å². The zero-order valence-corrected chi connectivity index (χ0v) is 11.1. The van der Waals surface area contributed by atoms with Crippen LogP contribution in [-0.4, -0.2) is 34.5 Å². The van der Waals surface area contributed by atoms with Gasteiger partial charge in [-0.25, -0.2) is 4.79 Å². The molecule has 0 bridgehead atoms. The number of rotatable bonds is 2. The van der Waals surface area contributed by atoms with Gasteiger partial charge in [-0.05, 0) is 42.5 Å². The van der Waals surface area contributed by atoms with Crippen LogP contribution in [0.2, 0.25) is 5.02 Å². The number of aliphatic carboxylic acids is 1. The Morgan fingerprint density at radius 3 is 2.89 bits per heavy atom. The lowest BCUT2D eigenvalue weighted by molar-refractivity contribution is -0.149. The fraction of sp³-hybridized carbons (Fsp3) is 0.429. The fourth-order valence-electron chi connectivity index (χ4n) is 2.98. The third-order valence-electron chi connectivity index (χ3n) is 4.03. The number of carbonyl (C=O) groups is 2. The van der Waals surface area contributed by atoms with Crippen molar-refractivity contribution in [3.63, 3.8) is 0 Å². The molecule has 2 aliphatic rings. The van der Waals surface area contributed by atoms with E-state index in [-0.39, 0.29) is 11.8 Å². The minimum atomic E-state index is -0.906. The second-order valence-electron chi connectivity index (χ2n) is 5.13. The first-order chi connectivity index (χ1) is 9.08. The molecule has 2 unspecified atom stereocenters. The summed E-state index contributed by atoms with van der Waals surface area (Å²) in [5, 5.41) is 9.75. The molecule has 0 aromatic heterocycles. The highest BCUT2D eigenvalue weighted by atomic mass is 35.5. The number of likely N-dealkylation sites (tertiary alicyclic amines) is 1. The summed E-state index contributed by atoms with van der Waals surface area (Å²) in [6, 6.07) is 4.90. The Bertz CT molecular complexity index is 558. The molecule has 0 saturated carbocycles. The van der Waals surface area contributed by atoms with Crippen molar-refractivity contribution in [3.05, 3.63) is 34.3 Å². The van der Waals surface area contributed by atoms with Crippen molar-refractivity contribution in [2.45, 2.75) is 31.2 Å². The maximum Gasteiger partial charge on any atom is 0.326 e. The highest BCUT2D eigenvalue weighted by molar-refractivity contribution is 6.30. The first kappa shape index (κ1) is 12.5. The Labute approximate surface area is 116 Å². The molecular weight excluding hydrogens is 266 g/mol. The minimum Gasteiger partial charge on any atom is -0.480 e. The zero-order valence-electron chi connectivity index (χ0n) is 10.3. The van der Waals surface area contributed by atoms with E-state index in [1.54, 1.807) is 0 Å². The smallest absolute Gasteiger partial charge is 0.326 e. The van der Waals surface area contributed by atoms with E-state index in [0.29, 0.717) is 24.4 Å². The van der Waals surface area contributed by atoms with E-state index in [2.05, 4.69) is 0 Å². The molecule has 0 radical (unpaired) electrons. The maximum atomic E-state index is 12.4. The molecule has 4 nitrogen and oxygen atoms in total. The van der Waals surface area contributed by atoms with Crippen molar-refractivity contribution >= 4 is 23.5 Å². The van der Waals surface area contributed by atoms with E-state index < -0.39 is 12.0 Å². The van der Waals surface area contributed by atoms with Crippen LogP contribution in [0.1, 0.15) is 29.9 Å². The van der Waals surface area contributed by atoms with Gasteiger partial charge in [0.15, 0.2) is 0 Å². The Balaban J connectivity index is 1.81. The number of carboxylic acids is 1. The minimum absolute atomic E-state index is 0.0698. The average molecular weight is 280 g/mol. The normalized spacial score (nSPS) is 24.8. The maximum absolute atomic E-state index is 12.4. The summed E-state index contributed by atoms with van der Waals surface area (Å²) >= 11 is 5.94. The van der Waals surface area contributed by atoms with Crippen LogP contribution in [0.3, 0.4) is 0 Å². The first-order valence-corrected chi connectivity index (χ1v) is 6.77. The van der Waals surface area contributed by atoms with Gasteiger partial charge in [0.05, 0.1) is 5.92 Å². The molecule has 1 saturated heterocycles. The van der Waals surface area contributed by atoms with Crippen molar-refractivity contribution < 1.29 is 14.7 Å². The van der Waals surface area contributed by atoms with Gasteiger partial charge in [0, 0.05) is 11.6 Å². The number of halogens is 1. The molecule has 1 aliphatic heterocycles. The standard InChI is InChI=1S/C14H14ClNO3/c15-9-4-3-8-6-11(10(8)7-9)13(17)16-5-1-2-12(16)14(18)19/h3-4,7,11-12H,1-2,5-6H2,(H,18,19). The summed E-state index contributed by atoms with van der Waals surface area (Å²) in [4.78, 5) is 25.1. The predicted molar refractivity (Wildman–Crippen MR) is 70.3 cm³/mol. The highest BCUT2D eigenvalue weighted by Crippen LogP contribution is 2.39. The molecule has 1 heterocycles. The van der Waals surface area contributed by atoms with Crippen LogP contribution in [0.25, 0.3) is 0 Å². The van der Waals surface area contributed by atoms with Crippen molar-refractivity contribution in [1.82, 2.24) is 4.90 Å². The van der Waals surface area contributed by atoms with Crippen LogP contribution >= 0.6 is 11.6 Å². The van der Waals surface area contributed by atoms with Gasteiger partial charge < -0.3 is 10.0 Å². The van der Waals surface area contributed by atoms with Crippen LogP contribution in [-0.2, 0) is 16.0 Å². The molecule has 1 aromatic rings. The molecule has 100 valence electrons. The number of fused-ring (bicyclic) bond motifs is 1. The third kappa shape index (κ3) is 2.00. The van der Waals surface area contributed by atoms with Crippen LogP contribution in [0, 0.1) is 0 Å². The van der Waals surface area contributed by atoms with Crippen molar-refractivity contribution in [2.75, 3.05) is 6.54 Å². The molecule has 0 spiro atoms. The molecule has 1 amide bonds. The van der Waals surface area contributed by atoms with Crippen LogP contribution in [0.15, 0.2) is 18.2 Å². The average Bonchev–Trinajstić information content (AvgIpc) is 2.82. The molecule has 2 atom stereocenters. The lowest BCUT2D eigenvalue weighted by atomic mass is 9.76. The molecule has 19 heavy (non-hydrogen) atoms. The number of benzene rings is 1. The molecule has 5 heteroatoms. The topological polar surface area (TPSA) is 57.6 Å². The van der Waals surface area contributed by atoms with Gasteiger partial charge in [-0.3, -0.25) is 4.79 Å². The second kappa shape index (κ2) is 4.53. The van der Waals surface area contributed by atoms with Crippen LogP contribution < -0.4 is 0 Å². The number of hydrogen-bond acceptors (Lipinski definition) is 2. The summed E-state index contributed by atoms with van der Waals surface area (Å²) in [5.74, 6) is -1.19. The molecule has 1 aromatic carbocycles. The van der Waals surface area contributed by atoms with E-state index in [1.807, 2.05) is 18.2 Å². The Hall–Kier alpha value is -1.55. The summed E-state index contributed by atoms with van der Waals surface area (Å²) in [6.45, 7) is 0.544. The Morgan fingerprint density at radius 1 is 1.37 bits per heavy atom. The summed E-state index contributed by atoms with van der Waals surface area (Å²) < 4.78 is 0. The van der Waals surface area contributed by atoms with Gasteiger partial charge in [-0.1, -0.05) is 17.7 Å². The summed E-state index contributed by atoms with van der Waals surface area (Å²) in [5.41, 5.74) is 2.09. The van der Waals surface area contributed by atoms with Crippen molar-refractivity contribution in [2.24, 2.45) is 0 Å². The number of amides is 1. The summed E-state index contributed by atoms with van der Waals surface area (Å²) in [6.07, 6.45) is 2.00. The Morgan fingerprint density at radius 2 is 2.16 bits per heavy atom. The van der Waals surface area contributed by atoms with E-state index in [0.717, 1.165) is 17.5 Å². The number of hydrogen-bond donors (Lipinski definition) is 1. The second-order valence-corrected chi connectivity index (χ2v) is 5.56. The monoisotopic (exact) mass is 279 g/mol. The SMILES string of the molecule is O=C(O)C1CCCN1C(=O)C1Cc2ccc(Cl)cc21. The van der Waals surface area contributed by atoms with Crippen LogP contribution in [0.5, 0.6) is 0 Å². The fourth-order valence-corrected chi connectivity index (χ4v) is 3.16. The highest BCUT2D eigenvalue weighted by Gasteiger charge is 2.41. The van der Waals surface area contributed by atoms with E-state index in [1.165, 1.54) is 4.90 Å². The van der Waals surface area contributed by atoms with Gasteiger partial charge in [0.1, 0.15) is 6.04 Å². The zero-order chi connectivity index (χ0) is 13.6. The quantitative estimate of drug-likeness (QED) is 0.901. The molecule has 1 fully saturated rings. The Kier molecular flexibility index (Phi) is 2.97. The van der Waals surface area contributed by atoms with Crippen LogP contribution in [0.4, 0.5) is 0 Å². The number of nitrogens with zero attached hydrogens (tertiary/aromatic N) is 1. The van der Waals surface area contributed by atoms with Gasteiger partial charge in [-0.2, -0.15) is 0 Å². The predicted octanol–water partition coefficient (Wildman–Crippen LogP) is 2.06. The van der Waals surface area contributed by atoms with Gasteiger partial charge in [-0.15, -0.1) is 0 Å². The van der Waals surface area contributed by atoms with Gasteiger partial charge >= 0.3 is 5.97 Å².